The lowest BCUT2D eigenvalue weighted by Gasteiger charge is -2.14. The molecule has 0 radical (unpaired) electrons. The van der Waals surface area contributed by atoms with Crippen LogP contribution < -0.4 is 10.2 Å². The number of hydrogen-bond donors (Lipinski definition) is 1. The molecule has 0 saturated heterocycles. The molecule has 2 rings (SSSR count). The van der Waals surface area contributed by atoms with E-state index in [1.165, 1.54) is 12.1 Å². The predicted molar refractivity (Wildman–Crippen MR) is 87.7 cm³/mol. The minimum atomic E-state index is -0.743. The van der Waals surface area contributed by atoms with E-state index in [0.717, 1.165) is 11.3 Å². The van der Waals surface area contributed by atoms with Crippen molar-refractivity contribution < 1.29 is 14.5 Å². The molecule has 23 heavy (non-hydrogen) atoms. The maximum Gasteiger partial charge on any atom is 0.412 e. The third-order valence-corrected chi connectivity index (χ3v) is 3.14. The number of hydrogen-bond acceptors (Lipinski definition) is 5. The Hall–Kier alpha value is -3.09. The number of nitrogens with one attached hydrogen (secondary N) is 1. The maximum atomic E-state index is 11.9. The van der Waals surface area contributed by atoms with Gasteiger partial charge >= 0.3 is 6.09 Å². The summed E-state index contributed by atoms with van der Waals surface area (Å²) < 4.78 is 5.08. The molecule has 0 aromatic heterocycles. The third-order valence-electron chi connectivity index (χ3n) is 3.14. The van der Waals surface area contributed by atoms with Crippen LogP contribution in [0.3, 0.4) is 0 Å². The zero-order chi connectivity index (χ0) is 16.8. The van der Waals surface area contributed by atoms with Crippen LogP contribution in [0.4, 0.5) is 21.9 Å². The number of nitro groups is 1. The van der Waals surface area contributed by atoms with E-state index >= 15 is 0 Å². The second kappa shape index (κ2) is 7.26. The van der Waals surface area contributed by atoms with E-state index in [9.17, 15) is 14.9 Å². The molecule has 0 atom stereocenters. The van der Waals surface area contributed by atoms with E-state index in [2.05, 4.69) is 5.32 Å². The SMILES string of the molecule is CN(C)c1ccc([N+](=O)[O-])c(NC(=O)OCc2ccccc2)c1. The van der Waals surface area contributed by atoms with Crippen molar-refractivity contribution in [2.24, 2.45) is 0 Å². The van der Waals surface area contributed by atoms with Crippen molar-refractivity contribution in [2.75, 3.05) is 24.3 Å². The Morgan fingerprint density at radius 1 is 1.22 bits per heavy atom. The molecule has 120 valence electrons. The summed E-state index contributed by atoms with van der Waals surface area (Å²) in [6.07, 6.45) is -0.743. The Balaban J connectivity index is 2.09. The van der Waals surface area contributed by atoms with Gasteiger partial charge in [0.25, 0.3) is 5.69 Å². The van der Waals surface area contributed by atoms with Crippen molar-refractivity contribution in [3.63, 3.8) is 0 Å². The third kappa shape index (κ3) is 4.44. The van der Waals surface area contributed by atoms with E-state index in [1.54, 1.807) is 25.1 Å². The smallest absolute Gasteiger partial charge is 0.412 e. The van der Waals surface area contributed by atoms with Crippen LogP contribution in [-0.4, -0.2) is 25.1 Å². The predicted octanol–water partition coefficient (Wildman–Crippen LogP) is 3.41. The lowest BCUT2D eigenvalue weighted by molar-refractivity contribution is -0.383. The molecule has 0 spiro atoms. The Bertz CT molecular complexity index is 702. The summed E-state index contributed by atoms with van der Waals surface area (Å²) in [4.78, 5) is 24.2. The molecular weight excluding hydrogens is 298 g/mol. The first kappa shape index (κ1) is 16.3. The highest BCUT2D eigenvalue weighted by atomic mass is 16.6. The summed E-state index contributed by atoms with van der Waals surface area (Å²) in [6.45, 7) is 0.0911. The number of amides is 1. The largest absolute Gasteiger partial charge is 0.444 e. The van der Waals surface area contributed by atoms with Gasteiger partial charge in [0.15, 0.2) is 0 Å². The normalized spacial score (nSPS) is 10.0. The van der Waals surface area contributed by atoms with Crippen LogP contribution in [-0.2, 0) is 11.3 Å². The Morgan fingerprint density at radius 2 is 1.91 bits per heavy atom. The van der Waals surface area contributed by atoms with Gasteiger partial charge in [-0.05, 0) is 17.7 Å². The van der Waals surface area contributed by atoms with Gasteiger partial charge in [0.1, 0.15) is 12.3 Å². The van der Waals surface area contributed by atoms with E-state index in [-0.39, 0.29) is 18.0 Å². The summed E-state index contributed by atoms with van der Waals surface area (Å²) >= 11 is 0. The first-order valence-corrected chi connectivity index (χ1v) is 6.91. The van der Waals surface area contributed by atoms with Crippen LogP contribution >= 0.6 is 0 Å². The summed E-state index contributed by atoms with van der Waals surface area (Å²) in [5, 5.41) is 13.5. The lowest BCUT2D eigenvalue weighted by atomic mass is 10.2. The van der Waals surface area contributed by atoms with Gasteiger partial charge in [0.2, 0.25) is 0 Å². The number of benzene rings is 2. The average Bonchev–Trinajstić information content (AvgIpc) is 2.53. The topological polar surface area (TPSA) is 84.7 Å². The van der Waals surface area contributed by atoms with Crippen molar-refractivity contribution >= 4 is 23.2 Å². The van der Waals surface area contributed by atoms with Crippen LogP contribution in [0.25, 0.3) is 0 Å². The van der Waals surface area contributed by atoms with Gasteiger partial charge in [-0.15, -0.1) is 0 Å². The maximum absolute atomic E-state index is 11.9. The molecular formula is C16H17N3O4. The molecule has 0 heterocycles. The van der Waals surface area contributed by atoms with Crippen LogP contribution in [0, 0.1) is 10.1 Å². The molecule has 2 aromatic rings. The molecule has 7 heteroatoms. The Labute approximate surface area is 133 Å². The second-order valence-electron chi connectivity index (χ2n) is 5.04. The average molecular weight is 315 g/mol. The number of anilines is 2. The highest BCUT2D eigenvalue weighted by molar-refractivity contribution is 5.89. The first-order valence-electron chi connectivity index (χ1n) is 6.91. The van der Waals surface area contributed by atoms with E-state index in [1.807, 2.05) is 30.3 Å². The minimum Gasteiger partial charge on any atom is -0.444 e. The van der Waals surface area contributed by atoms with Gasteiger partial charge < -0.3 is 9.64 Å². The number of carbonyl (C=O) groups excluding carboxylic acids is 1. The number of ether oxygens (including phenoxy) is 1. The molecule has 0 saturated carbocycles. The number of nitrogens with zero attached hydrogens (tertiary/aromatic N) is 2. The van der Waals surface area contributed by atoms with E-state index in [0.29, 0.717) is 0 Å². The standard InChI is InChI=1S/C16H17N3O4/c1-18(2)13-8-9-15(19(21)22)14(10-13)17-16(20)23-11-12-6-4-3-5-7-12/h3-10H,11H2,1-2H3,(H,17,20). The van der Waals surface area contributed by atoms with Crippen LogP contribution in [0.15, 0.2) is 48.5 Å². The highest BCUT2D eigenvalue weighted by Crippen LogP contribution is 2.29. The van der Waals surface area contributed by atoms with Gasteiger partial charge in [-0.1, -0.05) is 30.3 Å². The van der Waals surface area contributed by atoms with E-state index < -0.39 is 11.0 Å². The molecule has 0 aliphatic carbocycles. The van der Waals surface area contributed by atoms with Gasteiger partial charge in [-0.3, -0.25) is 15.4 Å². The van der Waals surface area contributed by atoms with Crippen LogP contribution in [0.1, 0.15) is 5.56 Å². The zero-order valence-corrected chi connectivity index (χ0v) is 12.9. The van der Waals surface area contributed by atoms with Crippen molar-refractivity contribution in [2.45, 2.75) is 6.61 Å². The van der Waals surface area contributed by atoms with Crippen LogP contribution in [0.2, 0.25) is 0 Å². The minimum absolute atomic E-state index is 0.0911. The summed E-state index contributed by atoms with van der Waals surface area (Å²) in [7, 11) is 3.61. The number of carbonyl (C=O) groups is 1. The quantitative estimate of drug-likeness (QED) is 0.675. The van der Waals surface area contributed by atoms with Crippen molar-refractivity contribution in [1.29, 1.82) is 0 Å². The van der Waals surface area contributed by atoms with Gasteiger partial charge in [-0.25, -0.2) is 4.79 Å². The highest BCUT2D eigenvalue weighted by Gasteiger charge is 2.17. The molecule has 0 bridgehead atoms. The number of nitro benzene ring substituents is 1. The molecule has 0 aliphatic heterocycles. The van der Waals surface area contributed by atoms with Gasteiger partial charge in [0.05, 0.1) is 4.92 Å². The first-order chi connectivity index (χ1) is 11.0. The fraction of sp³-hybridized carbons (Fsp3) is 0.188. The van der Waals surface area contributed by atoms with Crippen molar-refractivity contribution in [1.82, 2.24) is 0 Å². The molecule has 1 N–H and O–H groups in total. The van der Waals surface area contributed by atoms with E-state index in [4.69, 9.17) is 4.74 Å². The lowest BCUT2D eigenvalue weighted by Crippen LogP contribution is -2.16. The molecule has 2 aromatic carbocycles. The van der Waals surface area contributed by atoms with Gasteiger partial charge in [0, 0.05) is 25.8 Å². The van der Waals surface area contributed by atoms with Gasteiger partial charge in [-0.2, -0.15) is 0 Å². The summed E-state index contributed by atoms with van der Waals surface area (Å²) in [5.41, 5.74) is 1.47. The van der Waals surface area contributed by atoms with Crippen molar-refractivity contribution in [3.8, 4) is 0 Å². The molecule has 1 amide bonds. The zero-order valence-electron chi connectivity index (χ0n) is 12.9. The monoisotopic (exact) mass is 315 g/mol. The summed E-state index contributed by atoms with van der Waals surface area (Å²) in [5.74, 6) is 0. The fourth-order valence-electron chi connectivity index (χ4n) is 1.93. The molecule has 7 nitrogen and oxygen atoms in total. The molecule has 0 aliphatic rings. The number of rotatable bonds is 5. The molecule has 0 fully saturated rings. The Morgan fingerprint density at radius 3 is 2.52 bits per heavy atom. The second-order valence-corrected chi connectivity index (χ2v) is 5.04. The van der Waals surface area contributed by atoms with Crippen LogP contribution in [0.5, 0.6) is 0 Å². The molecule has 0 unspecified atom stereocenters. The Kier molecular flexibility index (Phi) is 5.14. The van der Waals surface area contributed by atoms with Crippen molar-refractivity contribution in [3.05, 3.63) is 64.2 Å². The fourth-order valence-corrected chi connectivity index (χ4v) is 1.93. The summed E-state index contributed by atoms with van der Waals surface area (Å²) in [6, 6.07) is 13.7.